The van der Waals surface area contributed by atoms with Crippen LogP contribution in [0, 0.1) is 0 Å². The van der Waals surface area contributed by atoms with Crippen molar-refractivity contribution in [3.8, 4) is 11.1 Å². The van der Waals surface area contributed by atoms with E-state index in [1.165, 1.54) is 12.1 Å². The Morgan fingerprint density at radius 3 is 2.33 bits per heavy atom. The summed E-state index contributed by atoms with van der Waals surface area (Å²) in [6.07, 6.45) is -2.84. The van der Waals surface area contributed by atoms with Gasteiger partial charge < -0.3 is 0 Å². The van der Waals surface area contributed by atoms with Crippen LogP contribution in [0.1, 0.15) is 35.2 Å². The molecule has 0 heterocycles. The number of benzene rings is 3. The van der Waals surface area contributed by atoms with Crippen molar-refractivity contribution in [2.24, 2.45) is 0 Å². The van der Waals surface area contributed by atoms with Gasteiger partial charge in [-0.15, -0.1) is 0 Å². The minimum atomic E-state index is -4.46. The molecule has 0 saturated carbocycles. The molecule has 0 saturated heterocycles. The van der Waals surface area contributed by atoms with Gasteiger partial charge in [0.15, 0.2) is 0 Å². The van der Waals surface area contributed by atoms with Gasteiger partial charge in [0.05, 0.1) is 0 Å². The quantitative estimate of drug-likeness (QED) is 0.305. The number of nitrogens with one attached hydrogen (secondary N) is 2. The Labute approximate surface area is 193 Å². The molecule has 3 rings (SSSR count). The molecule has 1 radical (unpaired) electrons. The minimum absolute atomic E-state index is 0.378. The van der Waals surface area contributed by atoms with Crippen LogP contribution in [0.4, 0.5) is 13.2 Å². The first kappa shape index (κ1) is 24.1. The Morgan fingerprint density at radius 1 is 1.00 bits per heavy atom. The zero-order valence-electron chi connectivity index (χ0n) is 18.4. The van der Waals surface area contributed by atoms with E-state index in [-0.39, 0.29) is 0 Å². The van der Waals surface area contributed by atoms with Crippen LogP contribution >= 0.6 is 0 Å². The average molecular weight is 445 g/mol. The third kappa shape index (κ3) is 6.25. The summed E-state index contributed by atoms with van der Waals surface area (Å²) in [5.74, 6) is 0. The molecule has 0 aromatic heterocycles. The van der Waals surface area contributed by atoms with Crippen molar-refractivity contribution in [2.45, 2.75) is 25.7 Å². The van der Waals surface area contributed by atoms with Crippen LogP contribution in [0.15, 0.2) is 97.7 Å². The number of alkyl halides is 3. The van der Waals surface area contributed by atoms with E-state index in [9.17, 15) is 13.2 Å². The van der Waals surface area contributed by atoms with Gasteiger partial charge in [0.1, 0.15) is 0 Å². The van der Waals surface area contributed by atoms with Crippen molar-refractivity contribution in [1.82, 2.24) is 10.6 Å². The molecular formula is C27H25BF3N2. The van der Waals surface area contributed by atoms with Gasteiger partial charge in [-0.3, -0.25) is 0 Å². The van der Waals surface area contributed by atoms with Crippen LogP contribution in [0.2, 0.25) is 0 Å². The first-order valence-electron chi connectivity index (χ1n) is 10.5. The number of rotatable bonds is 9. The molecular weight excluding hydrogens is 420 g/mol. The van der Waals surface area contributed by atoms with Crippen LogP contribution in [-0.4, -0.2) is 13.1 Å². The van der Waals surface area contributed by atoms with E-state index in [0.29, 0.717) is 34.5 Å². The maximum atomic E-state index is 13.6. The molecule has 2 N–H and O–H groups in total. The molecule has 167 valence electrons. The van der Waals surface area contributed by atoms with E-state index in [4.69, 9.17) is 7.49 Å². The van der Waals surface area contributed by atoms with E-state index >= 15 is 0 Å². The molecule has 3 aromatic carbocycles. The van der Waals surface area contributed by atoms with Gasteiger partial charge in [0, 0.05) is 0 Å². The second-order valence-corrected chi connectivity index (χ2v) is 7.73. The first-order valence-corrected chi connectivity index (χ1v) is 10.5. The van der Waals surface area contributed by atoms with E-state index in [0.717, 1.165) is 11.1 Å². The standard InChI is InChI=1S/C27H25BF3N2/c1-4-18(2)32-17-21-12-8-9-13-25(21)26(28)33-19(3)22-14-23(20-10-6-5-7-11-20)16-24(15-22)27(29,30)31/h4-16,19,32-33H,1-2,17H2,3H3. The summed E-state index contributed by atoms with van der Waals surface area (Å²) in [4.78, 5) is 0. The second-order valence-electron chi connectivity index (χ2n) is 7.73. The Balaban J connectivity index is 1.89. The topological polar surface area (TPSA) is 24.1 Å². The maximum absolute atomic E-state index is 13.6. The molecule has 0 amide bonds. The molecule has 0 aliphatic carbocycles. The normalized spacial score (nSPS) is 12.0. The predicted molar refractivity (Wildman–Crippen MR) is 131 cm³/mol. The summed E-state index contributed by atoms with van der Waals surface area (Å²) in [6, 6.07) is 20.2. The van der Waals surface area contributed by atoms with E-state index < -0.39 is 17.8 Å². The monoisotopic (exact) mass is 445 g/mol. The fourth-order valence-corrected chi connectivity index (χ4v) is 3.48. The first-order chi connectivity index (χ1) is 15.7. The van der Waals surface area contributed by atoms with Gasteiger partial charge in [0.2, 0.25) is 0 Å². The molecule has 3 aromatic rings. The van der Waals surface area contributed by atoms with Crippen molar-refractivity contribution in [1.29, 1.82) is 0 Å². The number of hydrogen-bond acceptors (Lipinski definition) is 2. The van der Waals surface area contributed by atoms with Crippen molar-refractivity contribution < 1.29 is 13.2 Å². The van der Waals surface area contributed by atoms with Gasteiger partial charge >= 0.3 is 194 Å². The van der Waals surface area contributed by atoms with Gasteiger partial charge in [-0.1, -0.05) is 0 Å². The summed E-state index contributed by atoms with van der Waals surface area (Å²) in [5.41, 5.74) is 3.76. The zero-order valence-corrected chi connectivity index (χ0v) is 18.4. The summed E-state index contributed by atoms with van der Waals surface area (Å²) < 4.78 is 40.8. The van der Waals surface area contributed by atoms with Gasteiger partial charge in [-0.2, -0.15) is 0 Å². The summed E-state index contributed by atoms with van der Waals surface area (Å²) >= 11 is 0. The number of hydrogen-bond donors (Lipinski definition) is 2. The molecule has 0 spiro atoms. The van der Waals surface area contributed by atoms with Crippen molar-refractivity contribution in [3.05, 3.63) is 120 Å². The Hall–Kier alpha value is -3.54. The SMILES string of the molecule is [B]=C(NC(C)c1cc(-c2ccccc2)cc(C(F)(F)F)c1)c1ccccc1CNC(=C)C=C. The molecule has 0 aliphatic heterocycles. The van der Waals surface area contributed by atoms with Crippen molar-refractivity contribution >= 4 is 13.1 Å². The Morgan fingerprint density at radius 2 is 1.67 bits per heavy atom. The number of allylic oxidation sites excluding steroid dienone is 1. The van der Waals surface area contributed by atoms with E-state index in [1.807, 2.05) is 30.3 Å². The van der Waals surface area contributed by atoms with Crippen molar-refractivity contribution in [2.75, 3.05) is 0 Å². The summed E-state index contributed by atoms with van der Waals surface area (Å²) in [7, 11) is 6.36. The van der Waals surface area contributed by atoms with Gasteiger partial charge in [-0.25, -0.2) is 0 Å². The van der Waals surface area contributed by atoms with Gasteiger partial charge in [-0.05, 0) is 0 Å². The molecule has 2 nitrogen and oxygen atoms in total. The van der Waals surface area contributed by atoms with Crippen LogP contribution in [0.3, 0.4) is 0 Å². The van der Waals surface area contributed by atoms with Gasteiger partial charge in [0.25, 0.3) is 0 Å². The fraction of sp³-hybridized carbons (Fsp3) is 0.148. The predicted octanol–water partition coefficient (Wildman–Crippen LogP) is 6.16. The summed E-state index contributed by atoms with van der Waals surface area (Å²) in [6.45, 7) is 9.78. The van der Waals surface area contributed by atoms with Crippen LogP contribution in [0.5, 0.6) is 0 Å². The Kier molecular flexibility index (Phi) is 7.59. The summed E-state index contributed by atoms with van der Waals surface area (Å²) in [5, 5.41) is 6.31. The zero-order chi connectivity index (χ0) is 24.0. The molecule has 0 aliphatic rings. The molecule has 1 atom stereocenters. The molecule has 0 fully saturated rings. The number of halogens is 3. The molecule has 6 heteroatoms. The molecule has 1 unspecified atom stereocenters. The average Bonchev–Trinajstić information content (AvgIpc) is 2.82. The molecule has 0 bridgehead atoms. The third-order valence-electron chi connectivity index (χ3n) is 5.32. The van der Waals surface area contributed by atoms with Crippen LogP contribution < -0.4 is 10.6 Å². The second kappa shape index (κ2) is 10.4. The van der Waals surface area contributed by atoms with E-state index in [2.05, 4.69) is 23.8 Å². The van der Waals surface area contributed by atoms with Crippen LogP contribution in [0.25, 0.3) is 11.1 Å². The van der Waals surface area contributed by atoms with Crippen molar-refractivity contribution in [3.63, 3.8) is 0 Å². The van der Waals surface area contributed by atoms with Crippen LogP contribution in [-0.2, 0) is 12.7 Å². The Bertz CT molecular complexity index is 1150. The van der Waals surface area contributed by atoms with E-state index in [1.54, 1.807) is 43.3 Å². The fourth-order valence-electron chi connectivity index (χ4n) is 3.48. The molecule has 33 heavy (non-hydrogen) atoms. The third-order valence-corrected chi connectivity index (χ3v) is 5.32.